The second-order valence-electron chi connectivity index (χ2n) is 8.23. The van der Waals surface area contributed by atoms with Gasteiger partial charge < -0.3 is 25.0 Å². The second-order valence-corrected chi connectivity index (χ2v) is 8.23. The van der Waals surface area contributed by atoms with E-state index in [0.29, 0.717) is 18.7 Å². The van der Waals surface area contributed by atoms with Crippen LogP contribution >= 0.6 is 0 Å². The maximum absolute atomic E-state index is 12.1. The summed E-state index contributed by atoms with van der Waals surface area (Å²) in [5, 5.41) is 6.74. The average molecular weight is 341 g/mol. The monoisotopic (exact) mass is 341 g/mol. The van der Waals surface area contributed by atoms with Crippen molar-refractivity contribution < 1.29 is 14.3 Å². The molecule has 24 heavy (non-hydrogen) atoms. The lowest BCUT2D eigenvalue weighted by atomic mass is 9.81. The van der Waals surface area contributed by atoms with Crippen molar-refractivity contribution in [2.45, 2.75) is 89.8 Å². The molecule has 6 nitrogen and oxygen atoms in total. The lowest BCUT2D eigenvalue weighted by molar-refractivity contribution is -0.0494. The molecule has 0 aromatic rings. The predicted molar refractivity (Wildman–Crippen MR) is 95.2 cm³/mol. The number of hydrogen-bond acceptors (Lipinski definition) is 5. The molecule has 0 radical (unpaired) electrons. The molecule has 1 aliphatic heterocycles. The van der Waals surface area contributed by atoms with Crippen LogP contribution in [-0.2, 0) is 9.47 Å². The summed E-state index contributed by atoms with van der Waals surface area (Å²) in [6, 6.07) is 1.30. The van der Waals surface area contributed by atoms with Gasteiger partial charge in [0.25, 0.3) is 0 Å². The minimum absolute atomic E-state index is 0.0753. The Bertz CT molecular complexity index is 424. The fourth-order valence-electron chi connectivity index (χ4n) is 3.54. The van der Waals surface area contributed by atoms with Crippen molar-refractivity contribution in [2.75, 3.05) is 20.2 Å². The lowest BCUT2D eigenvalue weighted by Crippen LogP contribution is -2.68. The largest absolute Gasteiger partial charge is 0.444 e. The third-order valence-corrected chi connectivity index (χ3v) is 5.04. The summed E-state index contributed by atoms with van der Waals surface area (Å²) in [6.07, 6.45) is 2.93. The molecule has 140 valence electrons. The van der Waals surface area contributed by atoms with E-state index in [1.165, 1.54) is 0 Å². The quantitative estimate of drug-likeness (QED) is 0.802. The van der Waals surface area contributed by atoms with E-state index in [4.69, 9.17) is 9.47 Å². The Labute approximate surface area is 146 Å². The van der Waals surface area contributed by atoms with Crippen molar-refractivity contribution in [3.05, 3.63) is 0 Å². The summed E-state index contributed by atoms with van der Waals surface area (Å²) in [7, 11) is 2.18. The van der Waals surface area contributed by atoms with Gasteiger partial charge in [-0.05, 0) is 67.5 Å². The van der Waals surface area contributed by atoms with Gasteiger partial charge >= 0.3 is 6.09 Å². The van der Waals surface area contributed by atoms with Crippen molar-refractivity contribution >= 4 is 6.09 Å². The number of carbonyl (C=O) groups is 1. The van der Waals surface area contributed by atoms with Gasteiger partial charge in [-0.1, -0.05) is 0 Å². The summed E-state index contributed by atoms with van der Waals surface area (Å²) < 4.78 is 11.2. The van der Waals surface area contributed by atoms with Crippen molar-refractivity contribution in [3.63, 3.8) is 0 Å². The Morgan fingerprint density at radius 3 is 2.58 bits per heavy atom. The molecule has 1 aliphatic carbocycles. The van der Waals surface area contributed by atoms with Crippen LogP contribution in [0, 0.1) is 0 Å². The average Bonchev–Trinajstić information content (AvgIpc) is 2.45. The Morgan fingerprint density at radius 2 is 2.00 bits per heavy atom. The number of amides is 1. The van der Waals surface area contributed by atoms with Crippen molar-refractivity contribution in [3.8, 4) is 0 Å². The number of likely N-dealkylation sites (tertiary alicyclic amines) is 1. The minimum atomic E-state index is -0.473. The number of nitrogens with one attached hydrogen (secondary N) is 2. The van der Waals surface area contributed by atoms with Crippen molar-refractivity contribution in [2.24, 2.45) is 0 Å². The molecule has 1 saturated carbocycles. The number of carbonyl (C=O) groups excluding carboxylic acids is 1. The fourth-order valence-corrected chi connectivity index (χ4v) is 3.54. The van der Waals surface area contributed by atoms with Gasteiger partial charge in [0.2, 0.25) is 0 Å². The normalized spacial score (nSPS) is 34.5. The van der Waals surface area contributed by atoms with Crippen LogP contribution in [-0.4, -0.2) is 67.1 Å². The third-order valence-electron chi connectivity index (χ3n) is 5.04. The van der Waals surface area contributed by atoms with Crippen LogP contribution in [0.3, 0.4) is 0 Å². The highest BCUT2D eigenvalue weighted by Gasteiger charge is 2.44. The molecular weight excluding hydrogens is 306 g/mol. The zero-order valence-electron chi connectivity index (χ0n) is 16.1. The smallest absolute Gasteiger partial charge is 0.407 e. The highest BCUT2D eigenvalue weighted by Crippen LogP contribution is 2.27. The summed E-state index contributed by atoms with van der Waals surface area (Å²) in [6.45, 7) is 11.7. The number of alkyl carbamates (subject to hydrolysis) is 1. The Balaban J connectivity index is 1.88. The summed E-state index contributed by atoms with van der Waals surface area (Å²) >= 11 is 0. The SMILES string of the molecule is CCOC1CC(NC(=O)OC(C)(C)C)C1NC1CCN(C)C(C)C1. The van der Waals surface area contributed by atoms with E-state index in [0.717, 1.165) is 25.8 Å². The molecule has 2 aliphatic rings. The van der Waals surface area contributed by atoms with Crippen LogP contribution in [0.4, 0.5) is 4.79 Å². The van der Waals surface area contributed by atoms with Crippen LogP contribution in [0.25, 0.3) is 0 Å². The number of piperidine rings is 1. The van der Waals surface area contributed by atoms with Gasteiger partial charge in [-0.2, -0.15) is 0 Å². The molecule has 1 heterocycles. The van der Waals surface area contributed by atoms with E-state index in [2.05, 4.69) is 29.5 Å². The number of ether oxygens (including phenoxy) is 2. The number of rotatable bonds is 5. The van der Waals surface area contributed by atoms with Crippen LogP contribution in [0.1, 0.15) is 53.9 Å². The first-order chi connectivity index (χ1) is 11.2. The maximum atomic E-state index is 12.1. The first-order valence-corrected chi connectivity index (χ1v) is 9.27. The van der Waals surface area contributed by atoms with E-state index in [9.17, 15) is 4.79 Å². The zero-order valence-corrected chi connectivity index (χ0v) is 16.1. The molecule has 2 rings (SSSR count). The highest BCUT2D eigenvalue weighted by molar-refractivity contribution is 5.68. The first-order valence-electron chi connectivity index (χ1n) is 9.27. The van der Waals surface area contributed by atoms with Gasteiger partial charge in [-0.3, -0.25) is 0 Å². The third kappa shape index (κ3) is 5.33. The van der Waals surface area contributed by atoms with Gasteiger partial charge in [0.15, 0.2) is 0 Å². The van der Waals surface area contributed by atoms with E-state index in [-0.39, 0.29) is 24.3 Å². The Morgan fingerprint density at radius 1 is 1.29 bits per heavy atom. The topological polar surface area (TPSA) is 62.8 Å². The number of hydrogen-bond donors (Lipinski definition) is 2. The van der Waals surface area contributed by atoms with Crippen molar-refractivity contribution in [1.82, 2.24) is 15.5 Å². The summed E-state index contributed by atoms with van der Waals surface area (Å²) in [5.74, 6) is 0. The van der Waals surface area contributed by atoms with Gasteiger partial charge in [-0.15, -0.1) is 0 Å². The minimum Gasteiger partial charge on any atom is -0.444 e. The molecule has 2 fully saturated rings. The van der Waals surface area contributed by atoms with Crippen LogP contribution in [0.2, 0.25) is 0 Å². The van der Waals surface area contributed by atoms with E-state index in [1.54, 1.807) is 0 Å². The molecule has 1 saturated heterocycles. The summed E-state index contributed by atoms with van der Waals surface area (Å²) in [4.78, 5) is 14.4. The van der Waals surface area contributed by atoms with Crippen molar-refractivity contribution in [1.29, 1.82) is 0 Å². The summed E-state index contributed by atoms with van der Waals surface area (Å²) in [5.41, 5.74) is -0.473. The molecule has 2 N–H and O–H groups in total. The standard InChI is InChI=1S/C18H35N3O3/c1-7-23-15-11-14(20-17(22)24-18(3,4)5)16(15)19-13-8-9-21(6)12(2)10-13/h12-16,19H,7-11H2,1-6H3,(H,20,22). The van der Waals surface area contributed by atoms with Crippen LogP contribution in [0.15, 0.2) is 0 Å². The van der Waals surface area contributed by atoms with Crippen LogP contribution < -0.4 is 10.6 Å². The van der Waals surface area contributed by atoms with E-state index >= 15 is 0 Å². The lowest BCUT2D eigenvalue weighted by Gasteiger charge is -2.48. The predicted octanol–water partition coefficient (Wildman–Crippen LogP) is 2.13. The van der Waals surface area contributed by atoms with E-state index < -0.39 is 5.60 Å². The molecular formula is C18H35N3O3. The first kappa shape index (κ1) is 19.5. The molecule has 1 amide bonds. The maximum Gasteiger partial charge on any atom is 0.407 e. The molecule has 0 spiro atoms. The molecule has 0 aromatic heterocycles. The van der Waals surface area contributed by atoms with Gasteiger partial charge in [-0.25, -0.2) is 4.79 Å². The van der Waals surface area contributed by atoms with Gasteiger partial charge in [0, 0.05) is 18.7 Å². The van der Waals surface area contributed by atoms with Crippen LogP contribution in [0.5, 0.6) is 0 Å². The Kier molecular flexibility index (Phi) is 6.51. The van der Waals surface area contributed by atoms with Gasteiger partial charge in [0.1, 0.15) is 5.60 Å². The second kappa shape index (κ2) is 8.02. The van der Waals surface area contributed by atoms with Gasteiger partial charge in [0.05, 0.1) is 18.2 Å². The molecule has 6 heteroatoms. The van der Waals surface area contributed by atoms with E-state index in [1.807, 2.05) is 27.7 Å². The fraction of sp³-hybridized carbons (Fsp3) is 0.944. The highest BCUT2D eigenvalue weighted by atomic mass is 16.6. The Hall–Kier alpha value is -0.850. The molecule has 5 atom stereocenters. The molecule has 5 unspecified atom stereocenters. The number of nitrogens with zero attached hydrogens (tertiary/aromatic N) is 1. The molecule has 0 aromatic carbocycles. The zero-order chi connectivity index (χ0) is 17.9. The molecule has 0 bridgehead atoms.